The molecular weight excluding hydrogens is 443 g/mol. The molecule has 5 rings (SSSR count). The highest BCUT2D eigenvalue weighted by atomic mass is 32.1. The van der Waals surface area contributed by atoms with Crippen LogP contribution in [-0.4, -0.2) is 41.8 Å². The number of amides is 1. The first kappa shape index (κ1) is 21.3. The molecule has 33 heavy (non-hydrogen) atoms. The summed E-state index contributed by atoms with van der Waals surface area (Å²) in [5.41, 5.74) is 2.83. The number of nitrogens with one attached hydrogen (secondary N) is 1. The number of benzene rings is 2. The van der Waals surface area contributed by atoms with Gasteiger partial charge in [0.1, 0.15) is 17.2 Å². The molecule has 4 aromatic rings. The van der Waals surface area contributed by atoms with E-state index < -0.39 is 0 Å². The molecule has 0 spiro atoms. The van der Waals surface area contributed by atoms with Gasteiger partial charge in [-0.3, -0.25) is 14.2 Å². The third-order valence-corrected chi connectivity index (χ3v) is 6.44. The molecule has 0 bridgehead atoms. The summed E-state index contributed by atoms with van der Waals surface area (Å²) in [5.74, 6) is -0.667. The fourth-order valence-corrected chi connectivity index (χ4v) is 4.76. The van der Waals surface area contributed by atoms with E-state index in [9.17, 15) is 14.0 Å². The molecule has 9 heteroatoms. The Bertz CT molecular complexity index is 1340. The molecule has 1 aliphatic rings. The summed E-state index contributed by atoms with van der Waals surface area (Å²) in [4.78, 5) is 32.9. The number of fused-ring (bicyclic) bond motifs is 1. The van der Waals surface area contributed by atoms with E-state index in [1.54, 1.807) is 12.1 Å². The van der Waals surface area contributed by atoms with Gasteiger partial charge in [0.25, 0.3) is 5.56 Å². The highest BCUT2D eigenvalue weighted by molar-refractivity contribution is 7.17. The number of hydrogen-bond donors (Lipinski definition) is 1. The van der Waals surface area contributed by atoms with Crippen LogP contribution in [0, 0.1) is 5.82 Å². The van der Waals surface area contributed by atoms with Crippen LogP contribution >= 0.6 is 11.3 Å². The molecule has 2 aromatic carbocycles. The highest BCUT2D eigenvalue weighted by Gasteiger charge is 2.15. The van der Waals surface area contributed by atoms with Crippen molar-refractivity contribution in [2.75, 3.05) is 36.5 Å². The van der Waals surface area contributed by atoms with Gasteiger partial charge in [0, 0.05) is 35.4 Å². The summed E-state index contributed by atoms with van der Waals surface area (Å²) in [7, 11) is 0. The maximum atomic E-state index is 13.3. The SMILES string of the molecule is O=C(Cn1cnc2scc(-c3ccc(F)cc3)c2c1=O)Nc1ccc(N2CCOCC2)cc1. The number of thiophene rings is 1. The molecule has 3 heterocycles. The molecule has 1 N–H and O–H groups in total. The fraction of sp³-hybridized carbons (Fsp3) is 0.208. The van der Waals surface area contributed by atoms with E-state index in [1.807, 2.05) is 29.6 Å². The number of halogens is 1. The zero-order valence-electron chi connectivity index (χ0n) is 17.7. The van der Waals surface area contributed by atoms with Crippen molar-refractivity contribution in [1.29, 1.82) is 0 Å². The minimum absolute atomic E-state index is 0.161. The van der Waals surface area contributed by atoms with Gasteiger partial charge in [-0.25, -0.2) is 9.37 Å². The lowest BCUT2D eigenvalue weighted by Crippen LogP contribution is -2.36. The van der Waals surface area contributed by atoms with Crippen molar-refractivity contribution in [1.82, 2.24) is 9.55 Å². The first-order valence-electron chi connectivity index (χ1n) is 10.5. The Labute approximate surface area is 193 Å². The molecule has 1 aliphatic heterocycles. The van der Waals surface area contributed by atoms with Crippen molar-refractivity contribution in [2.24, 2.45) is 0 Å². The van der Waals surface area contributed by atoms with Gasteiger partial charge < -0.3 is 15.0 Å². The number of anilines is 2. The number of morpholine rings is 1. The average molecular weight is 465 g/mol. The van der Waals surface area contributed by atoms with E-state index in [2.05, 4.69) is 15.2 Å². The normalized spacial score (nSPS) is 13.9. The second-order valence-corrected chi connectivity index (χ2v) is 8.57. The summed E-state index contributed by atoms with van der Waals surface area (Å²) in [6.07, 6.45) is 1.39. The zero-order chi connectivity index (χ0) is 22.8. The number of nitrogens with zero attached hydrogens (tertiary/aromatic N) is 3. The van der Waals surface area contributed by atoms with Gasteiger partial charge >= 0.3 is 0 Å². The van der Waals surface area contributed by atoms with E-state index in [1.165, 1.54) is 34.4 Å². The number of hydrogen-bond acceptors (Lipinski definition) is 6. The predicted octanol–water partition coefficient (Wildman–Crippen LogP) is 3.74. The quantitative estimate of drug-likeness (QED) is 0.487. The van der Waals surface area contributed by atoms with Crippen LogP contribution in [0.5, 0.6) is 0 Å². The molecular formula is C24H21FN4O3S. The predicted molar refractivity (Wildman–Crippen MR) is 127 cm³/mol. The maximum Gasteiger partial charge on any atom is 0.263 e. The van der Waals surface area contributed by atoms with E-state index in [0.29, 0.717) is 34.7 Å². The lowest BCUT2D eigenvalue weighted by molar-refractivity contribution is -0.116. The molecule has 1 amide bonds. The summed E-state index contributed by atoms with van der Waals surface area (Å²) in [6, 6.07) is 13.6. The summed E-state index contributed by atoms with van der Waals surface area (Å²) in [5, 5.41) is 5.09. The third kappa shape index (κ3) is 4.50. The molecule has 168 valence electrons. The molecule has 2 aromatic heterocycles. The third-order valence-electron chi connectivity index (χ3n) is 5.56. The van der Waals surface area contributed by atoms with Crippen molar-refractivity contribution in [3.05, 3.63) is 76.4 Å². The molecule has 1 saturated heterocycles. The minimum Gasteiger partial charge on any atom is -0.378 e. The number of ether oxygens (including phenoxy) is 1. The van der Waals surface area contributed by atoms with Gasteiger partial charge in [0.05, 0.1) is 24.9 Å². The average Bonchev–Trinajstić information content (AvgIpc) is 3.27. The van der Waals surface area contributed by atoms with Crippen molar-refractivity contribution in [3.8, 4) is 11.1 Å². The summed E-state index contributed by atoms with van der Waals surface area (Å²) in [6.45, 7) is 2.93. The van der Waals surface area contributed by atoms with Gasteiger partial charge in [-0.2, -0.15) is 0 Å². The van der Waals surface area contributed by atoms with Crippen LogP contribution in [0.2, 0.25) is 0 Å². The Morgan fingerprint density at radius 1 is 1.09 bits per heavy atom. The van der Waals surface area contributed by atoms with Gasteiger partial charge in [-0.1, -0.05) is 12.1 Å². The largest absolute Gasteiger partial charge is 0.378 e. The molecule has 0 atom stereocenters. The van der Waals surface area contributed by atoms with Crippen LogP contribution in [0.4, 0.5) is 15.8 Å². The Hall–Kier alpha value is -3.56. The topological polar surface area (TPSA) is 76.5 Å². The molecule has 0 unspecified atom stereocenters. The van der Waals surface area contributed by atoms with E-state index >= 15 is 0 Å². The number of rotatable bonds is 5. The van der Waals surface area contributed by atoms with E-state index in [4.69, 9.17) is 4.74 Å². The van der Waals surface area contributed by atoms with Crippen LogP contribution in [0.1, 0.15) is 0 Å². The first-order valence-corrected chi connectivity index (χ1v) is 11.4. The summed E-state index contributed by atoms with van der Waals surface area (Å²) >= 11 is 1.34. The van der Waals surface area contributed by atoms with Crippen LogP contribution < -0.4 is 15.8 Å². The Morgan fingerprint density at radius 3 is 2.55 bits per heavy atom. The molecule has 0 aliphatic carbocycles. The van der Waals surface area contributed by atoms with Crippen molar-refractivity contribution in [2.45, 2.75) is 6.54 Å². The lowest BCUT2D eigenvalue weighted by Gasteiger charge is -2.28. The lowest BCUT2D eigenvalue weighted by atomic mass is 10.1. The highest BCUT2D eigenvalue weighted by Crippen LogP contribution is 2.30. The number of aromatic nitrogens is 2. The number of carbonyl (C=O) groups is 1. The smallest absolute Gasteiger partial charge is 0.263 e. The second kappa shape index (κ2) is 9.13. The van der Waals surface area contributed by atoms with Gasteiger partial charge in [0.2, 0.25) is 5.91 Å². The van der Waals surface area contributed by atoms with Crippen LogP contribution in [-0.2, 0) is 16.1 Å². The van der Waals surface area contributed by atoms with Crippen LogP contribution in [0.25, 0.3) is 21.3 Å². The molecule has 7 nitrogen and oxygen atoms in total. The first-order chi connectivity index (χ1) is 16.1. The van der Waals surface area contributed by atoms with Crippen molar-refractivity contribution < 1.29 is 13.9 Å². The molecule has 0 saturated carbocycles. The zero-order valence-corrected chi connectivity index (χ0v) is 18.5. The maximum absolute atomic E-state index is 13.3. The second-order valence-electron chi connectivity index (χ2n) is 7.71. The minimum atomic E-state index is -0.344. The standard InChI is InChI=1S/C24H21FN4O3S/c25-17-3-1-16(2-4-17)20-14-33-23-22(20)24(31)29(15-26-23)13-21(30)27-18-5-7-19(8-6-18)28-9-11-32-12-10-28/h1-8,14-15H,9-13H2,(H,27,30). The van der Waals surface area contributed by atoms with Gasteiger partial charge in [-0.05, 0) is 42.0 Å². The fourth-order valence-electron chi connectivity index (χ4n) is 3.85. The molecule has 1 fully saturated rings. The van der Waals surface area contributed by atoms with Crippen LogP contribution in [0.3, 0.4) is 0 Å². The van der Waals surface area contributed by atoms with Gasteiger partial charge in [-0.15, -0.1) is 11.3 Å². The Kier molecular flexibility index (Phi) is 5.89. The van der Waals surface area contributed by atoms with Crippen molar-refractivity contribution in [3.63, 3.8) is 0 Å². The Balaban J connectivity index is 1.33. The monoisotopic (exact) mass is 464 g/mol. The van der Waals surface area contributed by atoms with Crippen molar-refractivity contribution >= 4 is 38.8 Å². The summed E-state index contributed by atoms with van der Waals surface area (Å²) < 4.78 is 20.0. The molecule has 0 radical (unpaired) electrons. The van der Waals surface area contributed by atoms with E-state index in [-0.39, 0.29) is 23.8 Å². The van der Waals surface area contributed by atoms with E-state index in [0.717, 1.165) is 24.3 Å². The van der Waals surface area contributed by atoms with Gasteiger partial charge in [0.15, 0.2) is 0 Å². The Morgan fingerprint density at radius 2 is 1.82 bits per heavy atom. The number of carbonyl (C=O) groups excluding carboxylic acids is 1. The van der Waals surface area contributed by atoms with Crippen LogP contribution in [0.15, 0.2) is 65.0 Å².